The minimum absolute atomic E-state index is 0.0989. The highest BCUT2D eigenvalue weighted by Crippen LogP contribution is 2.43. The summed E-state index contributed by atoms with van der Waals surface area (Å²) in [5.41, 5.74) is 2.22. The van der Waals surface area contributed by atoms with E-state index in [2.05, 4.69) is 34.0 Å². The van der Waals surface area contributed by atoms with Crippen molar-refractivity contribution >= 4 is 0 Å². The van der Waals surface area contributed by atoms with Gasteiger partial charge in [0.1, 0.15) is 0 Å². The van der Waals surface area contributed by atoms with Gasteiger partial charge in [-0.1, -0.05) is 5.16 Å². The number of aryl methyl sites for hydroxylation is 2. The Morgan fingerprint density at radius 2 is 2.08 bits per heavy atom. The summed E-state index contributed by atoms with van der Waals surface area (Å²) >= 11 is 0. The minimum atomic E-state index is 0.0989. The van der Waals surface area contributed by atoms with Crippen molar-refractivity contribution in [2.24, 2.45) is 7.05 Å². The summed E-state index contributed by atoms with van der Waals surface area (Å²) in [6.07, 6.45) is 4.62. The predicted octanol–water partition coefficient (Wildman–Crippen LogP) is 2.90. The maximum absolute atomic E-state index is 5.61. The van der Waals surface area contributed by atoms with Crippen molar-refractivity contribution in [3.8, 4) is 5.88 Å². The molecule has 2 atom stereocenters. The Kier molecular flexibility index (Phi) is 3.83. The summed E-state index contributed by atoms with van der Waals surface area (Å²) < 4.78 is 13.0. The van der Waals surface area contributed by atoms with E-state index < -0.39 is 0 Å². The number of aromatic nitrogens is 4. The number of rotatable bonds is 5. The zero-order valence-corrected chi connectivity index (χ0v) is 14.8. The normalized spacial score (nSPS) is 22.9. The van der Waals surface area contributed by atoms with Crippen LogP contribution in [0, 0.1) is 6.92 Å². The molecule has 0 aromatic carbocycles. The van der Waals surface area contributed by atoms with Crippen LogP contribution in [0.3, 0.4) is 0 Å². The van der Waals surface area contributed by atoms with E-state index >= 15 is 0 Å². The molecule has 2 aliphatic rings. The first-order valence-electron chi connectivity index (χ1n) is 8.77. The van der Waals surface area contributed by atoms with Gasteiger partial charge in [-0.05, 0) is 46.1 Å². The standard InChI is InChI=1S/C17H25N5O2/c1-10-14(17(23-4)21(3)19-10)13-6-5-9-22(13)11(2)16-18-15(20-24-16)12-7-8-12/h11-13H,5-9H2,1-4H3/t11-,13+/m0/s1. The summed E-state index contributed by atoms with van der Waals surface area (Å²) in [6.45, 7) is 5.22. The van der Waals surface area contributed by atoms with Crippen molar-refractivity contribution in [2.45, 2.75) is 57.5 Å². The fraction of sp³-hybridized carbons (Fsp3) is 0.706. The lowest BCUT2D eigenvalue weighted by molar-refractivity contribution is 0.156. The van der Waals surface area contributed by atoms with Gasteiger partial charge in [0, 0.05) is 19.0 Å². The fourth-order valence-electron chi connectivity index (χ4n) is 3.91. The number of likely N-dealkylation sites (tertiary alicyclic amines) is 1. The summed E-state index contributed by atoms with van der Waals surface area (Å²) in [7, 11) is 3.64. The molecule has 1 aliphatic carbocycles. The van der Waals surface area contributed by atoms with Crippen LogP contribution >= 0.6 is 0 Å². The fourth-order valence-corrected chi connectivity index (χ4v) is 3.91. The monoisotopic (exact) mass is 331 g/mol. The lowest BCUT2D eigenvalue weighted by atomic mass is 10.0. The van der Waals surface area contributed by atoms with Crippen molar-refractivity contribution < 1.29 is 9.26 Å². The molecule has 4 rings (SSSR count). The van der Waals surface area contributed by atoms with E-state index in [4.69, 9.17) is 9.26 Å². The van der Waals surface area contributed by atoms with Crippen LogP contribution in [0.4, 0.5) is 0 Å². The largest absolute Gasteiger partial charge is 0.481 e. The molecular formula is C17H25N5O2. The highest BCUT2D eigenvalue weighted by atomic mass is 16.5. The van der Waals surface area contributed by atoms with Gasteiger partial charge in [-0.3, -0.25) is 4.90 Å². The Morgan fingerprint density at radius 3 is 2.79 bits per heavy atom. The molecule has 1 saturated carbocycles. The second-order valence-electron chi connectivity index (χ2n) is 6.97. The molecule has 24 heavy (non-hydrogen) atoms. The van der Waals surface area contributed by atoms with Crippen molar-refractivity contribution in [1.29, 1.82) is 0 Å². The van der Waals surface area contributed by atoms with Gasteiger partial charge < -0.3 is 9.26 Å². The van der Waals surface area contributed by atoms with Gasteiger partial charge in [-0.25, -0.2) is 4.68 Å². The Morgan fingerprint density at radius 1 is 1.29 bits per heavy atom. The summed E-state index contributed by atoms with van der Waals surface area (Å²) in [6, 6.07) is 0.377. The van der Waals surface area contributed by atoms with Gasteiger partial charge in [0.05, 0.1) is 24.4 Å². The molecule has 0 radical (unpaired) electrons. The molecule has 2 aromatic rings. The Labute approximate surface area is 142 Å². The molecule has 0 bridgehead atoms. The molecule has 0 unspecified atom stereocenters. The third-order valence-electron chi connectivity index (χ3n) is 5.29. The lowest BCUT2D eigenvalue weighted by Gasteiger charge is -2.28. The number of nitrogens with zero attached hydrogens (tertiary/aromatic N) is 5. The van der Waals surface area contributed by atoms with Crippen LogP contribution in [0.25, 0.3) is 0 Å². The Bertz CT molecular complexity index is 733. The van der Waals surface area contributed by atoms with Gasteiger partial charge in [-0.2, -0.15) is 10.1 Å². The second kappa shape index (κ2) is 5.88. The van der Waals surface area contributed by atoms with Gasteiger partial charge >= 0.3 is 0 Å². The number of hydrogen-bond donors (Lipinski definition) is 0. The molecule has 7 nitrogen and oxygen atoms in total. The van der Waals surface area contributed by atoms with E-state index in [1.165, 1.54) is 18.4 Å². The third-order valence-corrected chi connectivity index (χ3v) is 5.29. The van der Waals surface area contributed by atoms with Gasteiger partial charge in [0.2, 0.25) is 11.8 Å². The van der Waals surface area contributed by atoms with Gasteiger partial charge in [0.15, 0.2) is 5.82 Å². The van der Waals surface area contributed by atoms with Crippen LogP contribution in [0.5, 0.6) is 5.88 Å². The van der Waals surface area contributed by atoms with Crippen LogP contribution in [-0.4, -0.2) is 38.5 Å². The molecule has 1 aliphatic heterocycles. The highest BCUT2D eigenvalue weighted by Gasteiger charge is 2.37. The average Bonchev–Trinajstić information content (AvgIpc) is 3.00. The second-order valence-corrected chi connectivity index (χ2v) is 6.97. The predicted molar refractivity (Wildman–Crippen MR) is 87.9 cm³/mol. The lowest BCUT2D eigenvalue weighted by Crippen LogP contribution is -2.27. The molecule has 3 heterocycles. The van der Waals surface area contributed by atoms with E-state index in [1.807, 2.05) is 11.7 Å². The van der Waals surface area contributed by atoms with Crippen molar-refractivity contribution in [3.05, 3.63) is 23.0 Å². The molecule has 130 valence electrons. The molecule has 7 heteroatoms. The first-order valence-corrected chi connectivity index (χ1v) is 8.77. The van der Waals surface area contributed by atoms with Crippen molar-refractivity contribution in [3.63, 3.8) is 0 Å². The van der Waals surface area contributed by atoms with Crippen LogP contribution in [0.1, 0.15) is 73.6 Å². The smallest absolute Gasteiger partial charge is 0.243 e. The molecule has 0 amide bonds. The topological polar surface area (TPSA) is 69.2 Å². The number of methoxy groups -OCH3 is 1. The first kappa shape index (κ1) is 15.6. The molecule has 0 spiro atoms. The zero-order chi connectivity index (χ0) is 16.8. The van der Waals surface area contributed by atoms with E-state index in [0.717, 1.165) is 42.7 Å². The first-order chi connectivity index (χ1) is 11.6. The summed E-state index contributed by atoms with van der Waals surface area (Å²) in [4.78, 5) is 7.08. The van der Waals surface area contributed by atoms with E-state index in [9.17, 15) is 0 Å². The molecular weight excluding hydrogens is 306 g/mol. The SMILES string of the molecule is COc1c([C@H]2CCCN2[C@@H](C)c2nc(C3CC3)no2)c(C)nn1C. The van der Waals surface area contributed by atoms with Crippen LogP contribution in [0.15, 0.2) is 4.52 Å². The van der Waals surface area contributed by atoms with E-state index in [1.54, 1.807) is 7.11 Å². The summed E-state index contributed by atoms with van der Waals surface area (Å²) in [5.74, 6) is 2.97. The van der Waals surface area contributed by atoms with Gasteiger partial charge in [-0.15, -0.1) is 0 Å². The molecule has 1 saturated heterocycles. The molecule has 2 fully saturated rings. The number of hydrogen-bond acceptors (Lipinski definition) is 6. The van der Waals surface area contributed by atoms with Gasteiger partial charge in [0.25, 0.3) is 0 Å². The van der Waals surface area contributed by atoms with Crippen molar-refractivity contribution in [2.75, 3.05) is 13.7 Å². The Hall–Kier alpha value is -1.89. The number of ether oxygens (including phenoxy) is 1. The highest BCUT2D eigenvalue weighted by molar-refractivity contribution is 5.35. The zero-order valence-electron chi connectivity index (χ0n) is 14.8. The minimum Gasteiger partial charge on any atom is -0.481 e. The van der Waals surface area contributed by atoms with E-state index in [0.29, 0.717) is 5.92 Å². The van der Waals surface area contributed by atoms with Crippen LogP contribution < -0.4 is 4.74 Å². The van der Waals surface area contributed by atoms with Crippen LogP contribution in [-0.2, 0) is 7.05 Å². The van der Waals surface area contributed by atoms with Crippen molar-refractivity contribution in [1.82, 2.24) is 24.8 Å². The molecule has 0 N–H and O–H groups in total. The maximum atomic E-state index is 5.61. The molecule has 2 aromatic heterocycles. The quantitative estimate of drug-likeness (QED) is 0.839. The summed E-state index contributed by atoms with van der Waals surface area (Å²) in [5, 5.41) is 8.71. The average molecular weight is 331 g/mol. The van der Waals surface area contributed by atoms with E-state index in [-0.39, 0.29) is 12.1 Å². The third kappa shape index (κ3) is 2.51. The van der Waals surface area contributed by atoms with Crippen LogP contribution in [0.2, 0.25) is 0 Å². The maximum Gasteiger partial charge on any atom is 0.243 e. The Balaban J connectivity index is 1.62.